The number of carboxylic acid groups (broad SMARTS) is 1. The van der Waals surface area contributed by atoms with Crippen molar-refractivity contribution < 1.29 is 19.8 Å². The lowest BCUT2D eigenvalue weighted by molar-refractivity contribution is -0.142. The van der Waals surface area contributed by atoms with E-state index in [4.69, 9.17) is 5.11 Å². The standard InChI is InChI=1S/C12H14N2O4/c15-10-4-2-1-3-8(10)11(16)14-6-5-13-7-9(14)12(17)18/h1-4,9,13,15H,5-7H2,(H,17,18). The van der Waals surface area contributed by atoms with E-state index in [0.29, 0.717) is 13.1 Å². The Morgan fingerprint density at radius 1 is 1.33 bits per heavy atom. The van der Waals surface area contributed by atoms with Crippen molar-refractivity contribution in [1.29, 1.82) is 0 Å². The molecule has 1 fully saturated rings. The Morgan fingerprint density at radius 3 is 2.72 bits per heavy atom. The third-order valence-corrected chi connectivity index (χ3v) is 2.92. The monoisotopic (exact) mass is 250 g/mol. The maximum absolute atomic E-state index is 12.2. The van der Waals surface area contributed by atoms with Crippen LogP contribution < -0.4 is 5.32 Å². The Bertz CT molecular complexity index is 475. The van der Waals surface area contributed by atoms with Crippen LogP contribution in [0.15, 0.2) is 24.3 Å². The molecule has 96 valence electrons. The van der Waals surface area contributed by atoms with Crippen LogP contribution >= 0.6 is 0 Å². The molecular weight excluding hydrogens is 236 g/mol. The van der Waals surface area contributed by atoms with Gasteiger partial charge in [-0.05, 0) is 12.1 Å². The molecule has 1 amide bonds. The molecule has 1 aromatic carbocycles. The highest BCUT2D eigenvalue weighted by Crippen LogP contribution is 2.19. The fourth-order valence-corrected chi connectivity index (χ4v) is 1.98. The number of carbonyl (C=O) groups excluding carboxylic acids is 1. The number of nitrogens with zero attached hydrogens (tertiary/aromatic N) is 1. The first-order chi connectivity index (χ1) is 8.61. The van der Waals surface area contributed by atoms with Crippen molar-refractivity contribution >= 4 is 11.9 Å². The maximum Gasteiger partial charge on any atom is 0.327 e. The van der Waals surface area contributed by atoms with E-state index in [0.717, 1.165) is 0 Å². The number of para-hydroxylation sites is 1. The zero-order valence-corrected chi connectivity index (χ0v) is 9.67. The summed E-state index contributed by atoms with van der Waals surface area (Å²) in [5, 5.41) is 21.6. The fourth-order valence-electron chi connectivity index (χ4n) is 1.98. The molecule has 1 heterocycles. The third kappa shape index (κ3) is 2.28. The molecule has 1 aliphatic heterocycles. The number of aliphatic carboxylic acids is 1. The highest BCUT2D eigenvalue weighted by Gasteiger charge is 2.33. The van der Waals surface area contributed by atoms with Crippen molar-refractivity contribution in [2.45, 2.75) is 6.04 Å². The molecule has 0 aromatic heterocycles. The largest absolute Gasteiger partial charge is 0.507 e. The van der Waals surface area contributed by atoms with Crippen LogP contribution in [0, 0.1) is 0 Å². The molecule has 0 radical (unpaired) electrons. The number of nitrogens with one attached hydrogen (secondary N) is 1. The lowest BCUT2D eigenvalue weighted by atomic mass is 10.1. The summed E-state index contributed by atoms with van der Waals surface area (Å²) in [6.45, 7) is 1.07. The van der Waals surface area contributed by atoms with Crippen molar-refractivity contribution in [3.8, 4) is 5.75 Å². The number of carbonyl (C=O) groups is 2. The van der Waals surface area contributed by atoms with Crippen molar-refractivity contribution in [3.05, 3.63) is 29.8 Å². The summed E-state index contributed by atoms with van der Waals surface area (Å²) < 4.78 is 0. The molecule has 0 aliphatic carbocycles. The highest BCUT2D eigenvalue weighted by molar-refractivity contribution is 5.99. The molecule has 3 N–H and O–H groups in total. The molecule has 1 aliphatic rings. The van der Waals surface area contributed by atoms with Gasteiger partial charge in [-0.3, -0.25) is 4.79 Å². The molecule has 6 nitrogen and oxygen atoms in total. The number of piperazine rings is 1. The summed E-state index contributed by atoms with van der Waals surface area (Å²) in [6.07, 6.45) is 0. The van der Waals surface area contributed by atoms with E-state index in [-0.39, 0.29) is 17.9 Å². The first kappa shape index (κ1) is 12.4. The van der Waals surface area contributed by atoms with Gasteiger partial charge in [0.2, 0.25) is 0 Å². The van der Waals surface area contributed by atoms with Crippen LogP contribution in [-0.2, 0) is 4.79 Å². The quantitative estimate of drug-likeness (QED) is 0.681. The summed E-state index contributed by atoms with van der Waals surface area (Å²) in [5.41, 5.74) is 0.130. The molecular formula is C12H14N2O4. The first-order valence-electron chi connectivity index (χ1n) is 5.63. The van der Waals surface area contributed by atoms with Gasteiger partial charge in [-0.25, -0.2) is 4.79 Å². The van der Waals surface area contributed by atoms with Crippen molar-refractivity contribution in [2.75, 3.05) is 19.6 Å². The van der Waals surface area contributed by atoms with Crippen LogP contribution in [0.4, 0.5) is 0 Å². The number of rotatable bonds is 2. The number of amides is 1. The number of phenols is 1. The van der Waals surface area contributed by atoms with Crippen LogP contribution in [-0.4, -0.2) is 52.7 Å². The Kier molecular flexibility index (Phi) is 3.47. The van der Waals surface area contributed by atoms with Crippen molar-refractivity contribution in [1.82, 2.24) is 10.2 Å². The zero-order chi connectivity index (χ0) is 13.1. The molecule has 0 saturated carbocycles. The van der Waals surface area contributed by atoms with Crippen molar-refractivity contribution in [3.63, 3.8) is 0 Å². The van der Waals surface area contributed by atoms with Gasteiger partial charge >= 0.3 is 5.97 Å². The lowest BCUT2D eigenvalue weighted by Gasteiger charge is -2.33. The van der Waals surface area contributed by atoms with E-state index in [9.17, 15) is 14.7 Å². The van der Waals surface area contributed by atoms with Crippen LogP contribution in [0.3, 0.4) is 0 Å². The molecule has 1 saturated heterocycles. The summed E-state index contributed by atoms with van der Waals surface area (Å²) in [5.74, 6) is -1.64. The van der Waals surface area contributed by atoms with E-state index >= 15 is 0 Å². The number of aromatic hydroxyl groups is 1. The molecule has 0 spiro atoms. The highest BCUT2D eigenvalue weighted by atomic mass is 16.4. The summed E-state index contributed by atoms with van der Waals surface area (Å²) in [4.78, 5) is 24.6. The van der Waals surface area contributed by atoms with Gasteiger partial charge in [-0.1, -0.05) is 12.1 Å². The molecule has 1 aromatic rings. The van der Waals surface area contributed by atoms with Gasteiger partial charge in [0, 0.05) is 19.6 Å². The minimum atomic E-state index is -1.05. The SMILES string of the molecule is O=C(O)C1CNCCN1C(=O)c1ccccc1O. The lowest BCUT2D eigenvalue weighted by Crippen LogP contribution is -2.56. The molecule has 0 bridgehead atoms. The number of benzene rings is 1. The second kappa shape index (κ2) is 5.05. The minimum absolute atomic E-state index is 0.130. The van der Waals surface area contributed by atoms with E-state index in [2.05, 4.69) is 5.32 Å². The molecule has 18 heavy (non-hydrogen) atoms. The number of phenolic OH excluding ortho intramolecular Hbond substituents is 1. The minimum Gasteiger partial charge on any atom is -0.507 e. The van der Waals surface area contributed by atoms with E-state index < -0.39 is 17.9 Å². The topological polar surface area (TPSA) is 89.9 Å². The zero-order valence-electron chi connectivity index (χ0n) is 9.67. The number of hydrogen-bond acceptors (Lipinski definition) is 4. The average Bonchev–Trinajstić information content (AvgIpc) is 2.38. The van der Waals surface area contributed by atoms with Crippen LogP contribution in [0.25, 0.3) is 0 Å². The van der Waals surface area contributed by atoms with Gasteiger partial charge < -0.3 is 20.4 Å². The summed E-state index contributed by atoms with van der Waals surface area (Å²) in [7, 11) is 0. The third-order valence-electron chi connectivity index (χ3n) is 2.92. The van der Waals surface area contributed by atoms with Gasteiger partial charge in [0.05, 0.1) is 5.56 Å². The van der Waals surface area contributed by atoms with E-state index in [1.54, 1.807) is 12.1 Å². The summed E-state index contributed by atoms with van der Waals surface area (Å²) in [6, 6.07) is 5.23. The van der Waals surface area contributed by atoms with Gasteiger partial charge in [-0.2, -0.15) is 0 Å². The Morgan fingerprint density at radius 2 is 2.06 bits per heavy atom. The summed E-state index contributed by atoms with van der Waals surface area (Å²) >= 11 is 0. The van der Waals surface area contributed by atoms with Gasteiger partial charge in [0.25, 0.3) is 5.91 Å². The Labute approximate surface area is 104 Å². The fraction of sp³-hybridized carbons (Fsp3) is 0.333. The number of hydrogen-bond donors (Lipinski definition) is 3. The van der Waals surface area contributed by atoms with E-state index in [1.807, 2.05) is 0 Å². The van der Waals surface area contributed by atoms with Crippen LogP contribution in [0.1, 0.15) is 10.4 Å². The molecule has 6 heteroatoms. The average molecular weight is 250 g/mol. The van der Waals surface area contributed by atoms with E-state index in [1.165, 1.54) is 17.0 Å². The first-order valence-corrected chi connectivity index (χ1v) is 5.63. The normalized spacial score (nSPS) is 19.6. The van der Waals surface area contributed by atoms with Crippen molar-refractivity contribution in [2.24, 2.45) is 0 Å². The van der Waals surface area contributed by atoms with Crippen LogP contribution in [0.5, 0.6) is 5.75 Å². The second-order valence-electron chi connectivity index (χ2n) is 4.07. The second-order valence-corrected chi connectivity index (χ2v) is 4.07. The Hall–Kier alpha value is -2.08. The number of carboxylic acids is 1. The molecule has 1 atom stereocenters. The molecule has 1 unspecified atom stereocenters. The van der Waals surface area contributed by atoms with Crippen LogP contribution in [0.2, 0.25) is 0 Å². The predicted octanol–water partition coefficient (Wildman–Crippen LogP) is -0.109. The Balaban J connectivity index is 2.27. The predicted molar refractivity (Wildman–Crippen MR) is 63.4 cm³/mol. The van der Waals surface area contributed by atoms with Gasteiger partial charge in [0.15, 0.2) is 0 Å². The van der Waals surface area contributed by atoms with Gasteiger partial charge in [0.1, 0.15) is 11.8 Å². The molecule has 2 rings (SSSR count). The van der Waals surface area contributed by atoms with Gasteiger partial charge in [-0.15, -0.1) is 0 Å². The maximum atomic E-state index is 12.2. The smallest absolute Gasteiger partial charge is 0.327 e.